The summed E-state index contributed by atoms with van der Waals surface area (Å²) in [6.45, 7) is 4.11. The summed E-state index contributed by atoms with van der Waals surface area (Å²) in [5, 5.41) is 11.5. The molecule has 1 rings (SSSR count). The van der Waals surface area contributed by atoms with Gasteiger partial charge in [-0.3, -0.25) is 4.79 Å². The summed E-state index contributed by atoms with van der Waals surface area (Å²) in [6.07, 6.45) is 1.51. The molecule has 0 aromatic heterocycles. The van der Waals surface area contributed by atoms with E-state index in [2.05, 4.69) is 12.2 Å². The van der Waals surface area contributed by atoms with Crippen molar-refractivity contribution in [3.63, 3.8) is 0 Å². The molecule has 0 saturated heterocycles. The first kappa shape index (κ1) is 12.3. The van der Waals surface area contributed by atoms with E-state index in [9.17, 15) is 4.79 Å². The van der Waals surface area contributed by atoms with Gasteiger partial charge in [0.15, 0.2) is 0 Å². The average Bonchev–Trinajstić information content (AvgIpc) is 2.28. The van der Waals surface area contributed by atoms with Gasteiger partial charge in [0.2, 0.25) is 5.91 Å². The van der Waals surface area contributed by atoms with Crippen LogP contribution in [0.3, 0.4) is 0 Å². The molecule has 1 amide bonds. The highest BCUT2D eigenvalue weighted by atomic mass is 16.1. The number of nitrogens with zero attached hydrogens (tertiary/aromatic N) is 1. The Morgan fingerprint density at radius 2 is 2.31 bits per heavy atom. The predicted molar refractivity (Wildman–Crippen MR) is 63.9 cm³/mol. The van der Waals surface area contributed by atoms with Crippen LogP contribution in [0.1, 0.15) is 32.3 Å². The summed E-state index contributed by atoms with van der Waals surface area (Å²) in [6, 6.07) is 8.98. The summed E-state index contributed by atoms with van der Waals surface area (Å²) < 4.78 is 0. The van der Waals surface area contributed by atoms with Gasteiger partial charge in [-0.05, 0) is 24.1 Å². The zero-order chi connectivity index (χ0) is 12.0. The fraction of sp³-hybridized carbons (Fsp3) is 0.385. The molecule has 1 aromatic carbocycles. The maximum Gasteiger partial charge on any atom is 0.224 e. The van der Waals surface area contributed by atoms with Gasteiger partial charge in [-0.15, -0.1) is 0 Å². The van der Waals surface area contributed by atoms with Gasteiger partial charge >= 0.3 is 0 Å². The molecule has 3 nitrogen and oxygen atoms in total. The number of amides is 1. The van der Waals surface area contributed by atoms with Gasteiger partial charge in [-0.25, -0.2) is 0 Å². The van der Waals surface area contributed by atoms with E-state index >= 15 is 0 Å². The number of anilines is 1. The second kappa shape index (κ2) is 5.92. The minimum Gasteiger partial charge on any atom is -0.326 e. The molecule has 0 fully saturated rings. The summed E-state index contributed by atoms with van der Waals surface area (Å²) in [7, 11) is 0. The van der Waals surface area contributed by atoms with Crippen LogP contribution in [0.2, 0.25) is 0 Å². The van der Waals surface area contributed by atoms with Crippen molar-refractivity contribution < 1.29 is 4.79 Å². The normalized spacial score (nSPS) is 11.6. The molecular weight excluding hydrogens is 200 g/mol. The largest absolute Gasteiger partial charge is 0.326 e. The van der Waals surface area contributed by atoms with E-state index in [0.29, 0.717) is 23.6 Å². The van der Waals surface area contributed by atoms with Crippen molar-refractivity contribution in [2.24, 2.45) is 5.92 Å². The fourth-order valence-corrected chi connectivity index (χ4v) is 1.34. The summed E-state index contributed by atoms with van der Waals surface area (Å²) >= 11 is 0. The molecule has 84 valence electrons. The minimum atomic E-state index is 0.00411. The van der Waals surface area contributed by atoms with Crippen molar-refractivity contribution in [2.75, 3.05) is 5.32 Å². The first-order chi connectivity index (χ1) is 7.65. The monoisotopic (exact) mass is 216 g/mol. The van der Waals surface area contributed by atoms with Gasteiger partial charge in [0.25, 0.3) is 0 Å². The molecule has 0 heterocycles. The minimum absolute atomic E-state index is 0.00411. The smallest absolute Gasteiger partial charge is 0.224 e. The maximum atomic E-state index is 11.6. The average molecular weight is 216 g/mol. The molecule has 0 aliphatic heterocycles. The highest BCUT2D eigenvalue weighted by Crippen LogP contribution is 2.12. The van der Waals surface area contributed by atoms with E-state index in [0.717, 1.165) is 6.42 Å². The SMILES string of the molecule is CCC(C)CC(=O)Nc1cccc(C#N)c1. The number of hydrogen-bond donors (Lipinski definition) is 1. The van der Waals surface area contributed by atoms with Crippen LogP contribution in [0.5, 0.6) is 0 Å². The maximum absolute atomic E-state index is 11.6. The molecule has 1 aromatic rings. The van der Waals surface area contributed by atoms with Crippen LogP contribution in [-0.2, 0) is 4.79 Å². The molecular formula is C13H16N2O. The lowest BCUT2D eigenvalue weighted by Gasteiger charge is -2.09. The number of nitriles is 1. The quantitative estimate of drug-likeness (QED) is 0.841. The second-order valence-electron chi connectivity index (χ2n) is 3.96. The Labute approximate surface area is 96.1 Å². The first-order valence-corrected chi connectivity index (χ1v) is 5.45. The van der Waals surface area contributed by atoms with Crippen molar-refractivity contribution in [1.82, 2.24) is 0 Å². The van der Waals surface area contributed by atoms with Crippen LogP contribution in [0.15, 0.2) is 24.3 Å². The third-order valence-electron chi connectivity index (χ3n) is 2.51. The number of carbonyl (C=O) groups is 1. The fourth-order valence-electron chi connectivity index (χ4n) is 1.34. The molecule has 0 saturated carbocycles. The highest BCUT2D eigenvalue weighted by molar-refractivity contribution is 5.90. The number of carbonyl (C=O) groups excluding carboxylic acids is 1. The van der Waals surface area contributed by atoms with Crippen molar-refractivity contribution in [1.29, 1.82) is 5.26 Å². The highest BCUT2D eigenvalue weighted by Gasteiger charge is 2.07. The summed E-state index contributed by atoms with van der Waals surface area (Å²) in [4.78, 5) is 11.6. The Morgan fingerprint density at radius 1 is 1.56 bits per heavy atom. The zero-order valence-electron chi connectivity index (χ0n) is 9.66. The lowest BCUT2D eigenvalue weighted by molar-refractivity contribution is -0.117. The topological polar surface area (TPSA) is 52.9 Å². The van der Waals surface area contributed by atoms with Crippen LogP contribution in [0.25, 0.3) is 0 Å². The van der Waals surface area contributed by atoms with Crippen LogP contribution in [0.4, 0.5) is 5.69 Å². The van der Waals surface area contributed by atoms with Crippen molar-refractivity contribution in [3.8, 4) is 6.07 Å². The Hall–Kier alpha value is -1.82. The predicted octanol–water partition coefficient (Wildman–Crippen LogP) is 2.93. The molecule has 1 N–H and O–H groups in total. The molecule has 1 atom stereocenters. The molecule has 0 spiro atoms. The number of benzene rings is 1. The number of hydrogen-bond acceptors (Lipinski definition) is 2. The molecule has 3 heteroatoms. The van der Waals surface area contributed by atoms with E-state index in [1.807, 2.05) is 13.0 Å². The zero-order valence-corrected chi connectivity index (χ0v) is 9.66. The summed E-state index contributed by atoms with van der Waals surface area (Å²) in [5.41, 5.74) is 1.24. The van der Waals surface area contributed by atoms with E-state index in [1.165, 1.54) is 0 Å². The molecule has 0 aliphatic carbocycles. The van der Waals surface area contributed by atoms with E-state index in [-0.39, 0.29) is 5.91 Å². The van der Waals surface area contributed by atoms with Gasteiger partial charge in [0, 0.05) is 12.1 Å². The third kappa shape index (κ3) is 3.74. The Morgan fingerprint density at radius 3 is 2.94 bits per heavy atom. The van der Waals surface area contributed by atoms with Gasteiger partial charge in [0.1, 0.15) is 0 Å². The summed E-state index contributed by atoms with van der Waals surface area (Å²) in [5.74, 6) is 0.392. The number of nitrogens with one attached hydrogen (secondary N) is 1. The standard InChI is InChI=1S/C13H16N2O/c1-3-10(2)7-13(16)15-12-6-4-5-11(8-12)9-14/h4-6,8,10H,3,7H2,1-2H3,(H,15,16). The van der Waals surface area contributed by atoms with Crippen molar-refractivity contribution in [2.45, 2.75) is 26.7 Å². The van der Waals surface area contributed by atoms with Gasteiger partial charge in [0.05, 0.1) is 11.6 Å². The van der Waals surface area contributed by atoms with Crippen molar-refractivity contribution >= 4 is 11.6 Å². The Kier molecular flexibility index (Phi) is 4.53. The molecule has 0 bridgehead atoms. The van der Waals surface area contributed by atoms with Crippen molar-refractivity contribution in [3.05, 3.63) is 29.8 Å². The van der Waals surface area contributed by atoms with E-state index < -0.39 is 0 Å². The Balaban J connectivity index is 2.60. The van der Waals surface area contributed by atoms with E-state index in [4.69, 9.17) is 5.26 Å². The van der Waals surface area contributed by atoms with E-state index in [1.54, 1.807) is 24.3 Å². The van der Waals surface area contributed by atoms with Crippen LogP contribution in [-0.4, -0.2) is 5.91 Å². The Bertz CT molecular complexity index is 407. The second-order valence-corrected chi connectivity index (χ2v) is 3.96. The van der Waals surface area contributed by atoms with Crippen LogP contribution >= 0.6 is 0 Å². The van der Waals surface area contributed by atoms with Crippen LogP contribution < -0.4 is 5.32 Å². The molecule has 0 radical (unpaired) electrons. The van der Waals surface area contributed by atoms with Gasteiger partial charge in [-0.1, -0.05) is 26.3 Å². The number of rotatable bonds is 4. The van der Waals surface area contributed by atoms with Gasteiger partial charge < -0.3 is 5.32 Å². The molecule has 16 heavy (non-hydrogen) atoms. The third-order valence-corrected chi connectivity index (χ3v) is 2.51. The van der Waals surface area contributed by atoms with Crippen LogP contribution in [0, 0.1) is 17.2 Å². The lowest BCUT2D eigenvalue weighted by Crippen LogP contribution is -2.14. The van der Waals surface area contributed by atoms with Gasteiger partial charge in [-0.2, -0.15) is 5.26 Å². The molecule has 1 unspecified atom stereocenters. The first-order valence-electron chi connectivity index (χ1n) is 5.45. The molecule has 0 aliphatic rings. The lowest BCUT2D eigenvalue weighted by atomic mass is 10.0.